The molecular formula is C17H25N3O. The summed E-state index contributed by atoms with van der Waals surface area (Å²) in [7, 11) is 1.71. The minimum absolute atomic E-state index is 0.774. The van der Waals surface area contributed by atoms with Crippen molar-refractivity contribution in [3.8, 4) is 5.75 Å². The number of hydrogen-bond donors (Lipinski definition) is 1. The van der Waals surface area contributed by atoms with Crippen LogP contribution in [0.3, 0.4) is 0 Å². The summed E-state index contributed by atoms with van der Waals surface area (Å²) in [6.07, 6.45) is 7.33. The minimum atomic E-state index is 0.774. The van der Waals surface area contributed by atoms with Gasteiger partial charge in [0.05, 0.1) is 19.3 Å². The number of nitrogens with zero attached hydrogens (tertiary/aromatic N) is 2. The molecule has 21 heavy (non-hydrogen) atoms. The third-order valence-electron chi connectivity index (χ3n) is 3.65. The van der Waals surface area contributed by atoms with Crippen LogP contribution in [0.1, 0.15) is 35.7 Å². The Labute approximate surface area is 127 Å². The number of rotatable bonds is 7. The summed E-state index contributed by atoms with van der Waals surface area (Å²) < 4.78 is 7.64. The molecule has 0 radical (unpaired) electrons. The molecule has 0 aliphatic heterocycles. The number of aromatic nitrogens is 2. The summed E-state index contributed by atoms with van der Waals surface area (Å²) in [6.45, 7) is 9.02. The molecule has 0 saturated heterocycles. The lowest BCUT2D eigenvalue weighted by Crippen LogP contribution is -2.13. The zero-order valence-electron chi connectivity index (χ0n) is 13.4. The second kappa shape index (κ2) is 7.27. The van der Waals surface area contributed by atoms with E-state index in [1.165, 1.54) is 5.56 Å². The highest BCUT2D eigenvalue weighted by molar-refractivity contribution is 5.41. The standard InChI is InChI=1S/C17H25N3O/c1-5-7-18-10-15-6-8-20(11-15)12-16-14(3)17(21-4)13(2)9-19-16/h6,8-9,11,18H,5,7,10,12H2,1-4H3. The van der Waals surface area contributed by atoms with Gasteiger partial charge in [-0.1, -0.05) is 6.92 Å². The van der Waals surface area contributed by atoms with Crippen molar-refractivity contribution in [3.05, 3.63) is 47.0 Å². The van der Waals surface area contributed by atoms with E-state index in [-0.39, 0.29) is 0 Å². The van der Waals surface area contributed by atoms with Crippen molar-refractivity contribution in [1.82, 2.24) is 14.9 Å². The Hall–Kier alpha value is -1.81. The zero-order valence-corrected chi connectivity index (χ0v) is 13.4. The molecule has 4 nitrogen and oxygen atoms in total. The van der Waals surface area contributed by atoms with Crippen molar-refractivity contribution in [3.63, 3.8) is 0 Å². The lowest BCUT2D eigenvalue weighted by molar-refractivity contribution is 0.406. The highest BCUT2D eigenvalue weighted by Gasteiger charge is 2.09. The van der Waals surface area contributed by atoms with E-state index >= 15 is 0 Å². The highest BCUT2D eigenvalue weighted by atomic mass is 16.5. The van der Waals surface area contributed by atoms with Crippen molar-refractivity contribution in [1.29, 1.82) is 0 Å². The molecule has 2 aromatic heterocycles. The Morgan fingerprint density at radius 3 is 2.86 bits per heavy atom. The Morgan fingerprint density at radius 1 is 1.33 bits per heavy atom. The van der Waals surface area contributed by atoms with Crippen molar-refractivity contribution in [2.75, 3.05) is 13.7 Å². The highest BCUT2D eigenvalue weighted by Crippen LogP contribution is 2.24. The number of aryl methyl sites for hydroxylation is 1. The van der Waals surface area contributed by atoms with Crippen LogP contribution in [0.25, 0.3) is 0 Å². The molecule has 0 aliphatic carbocycles. The van der Waals surface area contributed by atoms with E-state index < -0.39 is 0 Å². The van der Waals surface area contributed by atoms with Gasteiger partial charge in [-0.25, -0.2) is 0 Å². The molecule has 0 atom stereocenters. The second-order valence-electron chi connectivity index (χ2n) is 5.42. The molecule has 0 fully saturated rings. The summed E-state index contributed by atoms with van der Waals surface area (Å²) in [5.41, 5.74) is 4.56. The number of hydrogen-bond acceptors (Lipinski definition) is 3. The average Bonchev–Trinajstić information content (AvgIpc) is 2.91. The summed E-state index contributed by atoms with van der Waals surface area (Å²) in [5, 5.41) is 3.42. The molecule has 0 aromatic carbocycles. The van der Waals surface area contributed by atoms with Crippen LogP contribution in [0.4, 0.5) is 0 Å². The second-order valence-corrected chi connectivity index (χ2v) is 5.42. The van der Waals surface area contributed by atoms with Crippen LogP contribution in [0.15, 0.2) is 24.7 Å². The lowest BCUT2D eigenvalue weighted by Gasteiger charge is -2.12. The Balaban J connectivity index is 2.08. The lowest BCUT2D eigenvalue weighted by atomic mass is 10.1. The van der Waals surface area contributed by atoms with E-state index in [4.69, 9.17) is 4.74 Å². The summed E-state index contributed by atoms with van der Waals surface area (Å²) in [5.74, 6) is 0.942. The van der Waals surface area contributed by atoms with Gasteiger partial charge in [0, 0.05) is 36.3 Å². The first-order valence-corrected chi connectivity index (χ1v) is 7.50. The molecule has 4 heteroatoms. The van der Waals surface area contributed by atoms with Crippen LogP contribution < -0.4 is 10.1 Å². The molecule has 114 valence electrons. The van der Waals surface area contributed by atoms with Crippen LogP contribution in [-0.4, -0.2) is 23.2 Å². The van der Waals surface area contributed by atoms with E-state index in [0.29, 0.717) is 0 Å². The van der Waals surface area contributed by atoms with Crippen LogP contribution >= 0.6 is 0 Å². The zero-order chi connectivity index (χ0) is 15.2. The molecule has 2 aromatic rings. The molecule has 1 N–H and O–H groups in total. The van der Waals surface area contributed by atoms with Gasteiger partial charge in [0.1, 0.15) is 5.75 Å². The fraction of sp³-hybridized carbons (Fsp3) is 0.471. The van der Waals surface area contributed by atoms with Gasteiger partial charge in [-0.15, -0.1) is 0 Å². The number of methoxy groups -OCH3 is 1. The van der Waals surface area contributed by atoms with Crippen LogP contribution in [-0.2, 0) is 13.1 Å². The molecule has 0 amide bonds. The van der Waals surface area contributed by atoms with E-state index in [2.05, 4.69) is 47.2 Å². The number of pyridine rings is 1. The van der Waals surface area contributed by atoms with Gasteiger partial charge in [0.2, 0.25) is 0 Å². The number of nitrogens with one attached hydrogen (secondary N) is 1. The normalized spacial score (nSPS) is 10.9. The SMILES string of the molecule is CCCNCc1ccn(Cc2ncc(C)c(OC)c2C)c1. The van der Waals surface area contributed by atoms with Gasteiger partial charge in [0.15, 0.2) is 0 Å². The largest absolute Gasteiger partial charge is 0.496 e. The molecule has 0 spiro atoms. The first-order chi connectivity index (χ1) is 10.2. The van der Waals surface area contributed by atoms with Crippen LogP contribution in [0.2, 0.25) is 0 Å². The smallest absolute Gasteiger partial charge is 0.128 e. The fourth-order valence-corrected chi connectivity index (χ4v) is 2.51. The van der Waals surface area contributed by atoms with Crippen molar-refractivity contribution < 1.29 is 4.74 Å². The van der Waals surface area contributed by atoms with E-state index in [9.17, 15) is 0 Å². The van der Waals surface area contributed by atoms with Crippen molar-refractivity contribution in [2.24, 2.45) is 0 Å². The maximum absolute atomic E-state index is 5.47. The maximum atomic E-state index is 5.47. The summed E-state index contributed by atoms with van der Waals surface area (Å²) in [4.78, 5) is 4.55. The van der Waals surface area contributed by atoms with Crippen LogP contribution in [0.5, 0.6) is 5.75 Å². The van der Waals surface area contributed by atoms with Gasteiger partial charge in [-0.2, -0.15) is 0 Å². The molecule has 0 saturated carbocycles. The van der Waals surface area contributed by atoms with Gasteiger partial charge < -0.3 is 14.6 Å². The molecule has 2 heterocycles. The predicted molar refractivity (Wildman–Crippen MR) is 85.8 cm³/mol. The Kier molecular flexibility index (Phi) is 5.39. The third-order valence-corrected chi connectivity index (χ3v) is 3.65. The quantitative estimate of drug-likeness (QED) is 0.796. The Morgan fingerprint density at radius 2 is 2.14 bits per heavy atom. The van der Waals surface area contributed by atoms with E-state index in [1.54, 1.807) is 7.11 Å². The average molecular weight is 287 g/mol. The topological polar surface area (TPSA) is 39.1 Å². The molecule has 0 bridgehead atoms. The van der Waals surface area contributed by atoms with Gasteiger partial charge in [0.25, 0.3) is 0 Å². The fourth-order valence-electron chi connectivity index (χ4n) is 2.51. The summed E-state index contributed by atoms with van der Waals surface area (Å²) in [6, 6.07) is 2.16. The summed E-state index contributed by atoms with van der Waals surface area (Å²) >= 11 is 0. The molecule has 0 aliphatic rings. The van der Waals surface area contributed by atoms with Gasteiger partial charge in [-0.3, -0.25) is 4.98 Å². The number of ether oxygens (including phenoxy) is 1. The first-order valence-electron chi connectivity index (χ1n) is 7.50. The van der Waals surface area contributed by atoms with Gasteiger partial charge >= 0.3 is 0 Å². The van der Waals surface area contributed by atoms with E-state index in [1.807, 2.05) is 13.1 Å². The third kappa shape index (κ3) is 3.85. The minimum Gasteiger partial charge on any atom is -0.496 e. The van der Waals surface area contributed by atoms with Crippen LogP contribution in [0, 0.1) is 13.8 Å². The molecule has 2 rings (SSSR count). The van der Waals surface area contributed by atoms with Gasteiger partial charge in [-0.05, 0) is 38.4 Å². The molecular weight excluding hydrogens is 262 g/mol. The van der Waals surface area contributed by atoms with Crippen molar-refractivity contribution in [2.45, 2.75) is 40.3 Å². The monoisotopic (exact) mass is 287 g/mol. The Bertz CT molecular complexity index is 590. The first kappa shape index (κ1) is 15.6. The predicted octanol–water partition coefficient (Wildman–Crippen LogP) is 3.06. The van der Waals surface area contributed by atoms with E-state index in [0.717, 1.165) is 48.6 Å². The maximum Gasteiger partial charge on any atom is 0.128 e. The van der Waals surface area contributed by atoms with Crippen molar-refractivity contribution >= 4 is 0 Å². The molecule has 0 unspecified atom stereocenters.